The number of benzene rings is 3. The molecule has 2 heterocycles. The normalized spacial score (nSPS) is 15.4. The van der Waals surface area contributed by atoms with Crippen molar-refractivity contribution in [2.24, 2.45) is 17.3 Å². The van der Waals surface area contributed by atoms with Crippen molar-refractivity contribution in [2.45, 2.75) is 131 Å². The zero-order valence-corrected chi connectivity index (χ0v) is 36.9. The molecule has 4 nitrogen and oxygen atoms in total. The number of nitrogens with zero attached hydrogens (tertiary/aromatic N) is 2. The molecule has 55 heavy (non-hydrogen) atoms. The molecule has 0 bridgehead atoms. The standard InChI is InChI=1S/C33H32F3N2S.C13H24O2.Ir/c1-31(2,3)26-16-22(14-21-15-23(33(34,35)36)7-9-24(21)26)28-30-29(38-18-37-28)25-8-6-20(17-27(25)39-30)19-10-12-32(4,5)13-11-19;1-5-10(6-2)12(14)9-13(15)11(7-3)8-4;/h6-9,15-19H,10-13H2,1-5H3;9-11,14H,5-8H2,1-4H3;/q-1;;/b;12-9-;. The Morgan fingerprint density at radius 2 is 1.55 bits per heavy atom. The van der Waals surface area contributed by atoms with Gasteiger partial charge in [-0.3, -0.25) is 9.78 Å². The molecule has 299 valence electrons. The minimum atomic E-state index is -4.42. The molecule has 1 aliphatic rings. The summed E-state index contributed by atoms with van der Waals surface area (Å²) in [6.45, 7) is 19.0. The van der Waals surface area contributed by atoms with Gasteiger partial charge in [-0.1, -0.05) is 97.5 Å². The summed E-state index contributed by atoms with van der Waals surface area (Å²) < 4.78 is 42.8. The Balaban J connectivity index is 0.000000360. The molecule has 0 atom stereocenters. The van der Waals surface area contributed by atoms with Gasteiger partial charge in [-0.05, 0) is 79.7 Å². The smallest absolute Gasteiger partial charge is 0.409 e. The summed E-state index contributed by atoms with van der Waals surface area (Å²) in [5.74, 6) is 1.12. The Morgan fingerprint density at radius 1 is 0.927 bits per heavy atom. The van der Waals surface area contributed by atoms with E-state index in [0.29, 0.717) is 28.0 Å². The predicted octanol–water partition coefficient (Wildman–Crippen LogP) is 14.3. The van der Waals surface area contributed by atoms with Gasteiger partial charge in [-0.2, -0.15) is 13.2 Å². The third kappa shape index (κ3) is 10.2. The number of aliphatic hydroxyl groups is 1. The molecule has 0 unspecified atom stereocenters. The summed E-state index contributed by atoms with van der Waals surface area (Å²) in [5.41, 5.74) is 4.11. The van der Waals surface area contributed by atoms with Crippen LogP contribution in [-0.2, 0) is 36.5 Å². The summed E-state index contributed by atoms with van der Waals surface area (Å²) in [7, 11) is 0. The Bertz CT molecular complexity index is 2130. The molecule has 0 amide bonds. The summed E-state index contributed by atoms with van der Waals surface area (Å²) in [6, 6.07) is 16.0. The third-order valence-electron chi connectivity index (χ3n) is 11.4. The quantitative estimate of drug-likeness (QED) is 0.0908. The minimum absolute atomic E-state index is 0. The van der Waals surface area contributed by atoms with Crippen LogP contribution in [0.25, 0.3) is 42.3 Å². The maximum atomic E-state index is 13.6. The number of fused-ring (bicyclic) bond motifs is 4. The SMILES string of the molecule is CC1(C)CCC(c2ccc3c(c2)sc2c(-c4[c-]c5cc(C(F)(F)F)ccc5c(C(C)(C)C)c4)ncnc23)CC1.CCC(CC)C(=O)/C=C(\O)C(CC)CC.[Ir]. The number of halogens is 3. The molecule has 5 aromatic rings. The van der Waals surface area contributed by atoms with Gasteiger partial charge < -0.3 is 5.11 Å². The molecule has 1 fully saturated rings. The van der Waals surface area contributed by atoms with Crippen LogP contribution in [0.1, 0.15) is 136 Å². The average molecular weight is 950 g/mol. The van der Waals surface area contributed by atoms with Crippen LogP contribution in [0.2, 0.25) is 0 Å². The van der Waals surface area contributed by atoms with Gasteiger partial charge in [0.25, 0.3) is 0 Å². The summed E-state index contributed by atoms with van der Waals surface area (Å²) in [5, 5.41) is 12.1. The maximum absolute atomic E-state index is 13.6. The number of allylic oxidation sites excluding steroid dienone is 2. The van der Waals surface area contributed by atoms with Gasteiger partial charge in [0.15, 0.2) is 5.78 Å². The Hall–Kier alpha value is -3.13. The number of aliphatic hydroxyl groups excluding tert-OH is 1. The van der Waals surface area contributed by atoms with Crippen molar-refractivity contribution < 1.29 is 43.2 Å². The van der Waals surface area contributed by atoms with Crippen LogP contribution in [0, 0.1) is 23.3 Å². The van der Waals surface area contributed by atoms with Crippen molar-refractivity contribution in [3.8, 4) is 11.3 Å². The van der Waals surface area contributed by atoms with Crippen molar-refractivity contribution in [3.05, 3.63) is 83.4 Å². The average Bonchev–Trinajstić information content (AvgIpc) is 3.49. The van der Waals surface area contributed by atoms with E-state index in [1.807, 2.05) is 33.8 Å². The molecule has 0 aliphatic heterocycles. The van der Waals surface area contributed by atoms with Crippen LogP contribution in [0.4, 0.5) is 13.2 Å². The van der Waals surface area contributed by atoms with E-state index >= 15 is 0 Å². The van der Waals surface area contributed by atoms with Crippen LogP contribution in [0.5, 0.6) is 0 Å². The van der Waals surface area contributed by atoms with Gasteiger partial charge in [0, 0.05) is 64.1 Å². The number of carbonyl (C=O) groups excluding carboxylic acids is 1. The van der Waals surface area contributed by atoms with Crippen molar-refractivity contribution in [3.63, 3.8) is 0 Å². The largest absolute Gasteiger partial charge is 0.512 e. The van der Waals surface area contributed by atoms with Crippen LogP contribution < -0.4 is 0 Å². The topological polar surface area (TPSA) is 63.1 Å². The van der Waals surface area contributed by atoms with Crippen LogP contribution in [-0.4, -0.2) is 20.9 Å². The van der Waals surface area contributed by atoms with E-state index in [9.17, 15) is 23.1 Å². The second-order valence-corrected chi connectivity index (χ2v) is 17.9. The third-order valence-corrected chi connectivity index (χ3v) is 12.6. The Morgan fingerprint density at radius 3 is 2.13 bits per heavy atom. The van der Waals surface area contributed by atoms with Gasteiger partial charge in [0.05, 0.1) is 11.3 Å². The molecule has 0 spiro atoms. The molecule has 1 aliphatic carbocycles. The number of aromatic nitrogens is 2. The molecule has 9 heteroatoms. The van der Waals surface area contributed by atoms with Gasteiger partial charge in [-0.15, -0.1) is 40.5 Å². The van der Waals surface area contributed by atoms with E-state index in [0.717, 1.165) is 58.3 Å². The van der Waals surface area contributed by atoms with Crippen molar-refractivity contribution in [2.75, 3.05) is 0 Å². The monoisotopic (exact) mass is 950 g/mol. The van der Waals surface area contributed by atoms with Gasteiger partial charge in [0.1, 0.15) is 6.33 Å². The zero-order valence-electron chi connectivity index (χ0n) is 33.7. The Labute approximate surface area is 342 Å². The predicted molar refractivity (Wildman–Crippen MR) is 219 cm³/mol. The van der Waals surface area contributed by atoms with Crippen molar-refractivity contribution in [1.82, 2.24) is 9.97 Å². The molecule has 3 aromatic carbocycles. The Kier molecular flexibility index (Phi) is 14.6. The number of thiophene rings is 1. The molecule has 1 saturated carbocycles. The molecule has 0 saturated heterocycles. The molecule has 2 aromatic heterocycles. The molecular formula is C46H56F3IrN2O2S-. The first-order valence-electron chi connectivity index (χ1n) is 19.6. The van der Waals surface area contributed by atoms with E-state index in [1.54, 1.807) is 23.7 Å². The van der Waals surface area contributed by atoms with E-state index in [2.05, 4.69) is 68.9 Å². The van der Waals surface area contributed by atoms with Gasteiger partial charge in [-0.25, -0.2) is 4.98 Å². The van der Waals surface area contributed by atoms with E-state index in [1.165, 1.54) is 48.1 Å². The summed E-state index contributed by atoms with van der Waals surface area (Å²) in [6.07, 6.45) is 6.93. The number of carbonyl (C=O) groups is 1. The zero-order chi connectivity index (χ0) is 39.6. The number of hydrogen-bond donors (Lipinski definition) is 1. The van der Waals surface area contributed by atoms with Gasteiger partial charge in [0.2, 0.25) is 0 Å². The van der Waals surface area contributed by atoms with Crippen LogP contribution >= 0.6 is 11.3 Å². The second kappa shape index (κ2) is 18.0. The van der Waals surface area contributed by atoms with Crippen LogP contribution in [0.3, 0.4) is 0 Å². The number of alkyl halides is 3. The molecule has 1 radical (unpaired) electrons. The summed E-state index contributed by atoms with van der Waals surface area (Å²) >= 11 is 1.66. The van der Waals surface area contributed by atoms with E-state index < -0.39 is 11.7 Å². The fourth-order valence-electron chi connectivity index (χ4n) is 7.76. The number of hydrogen-bond acceptors (Lipinski definition) is 5. The number of rotatable bonds is 9. The number of ketones is 1. The molecule has 1 N–H and O–H groups in total. The first kappa shape index (κ1) is 44.6. The van der Waals surface area contributed by atoms with E-state index in [4.69, 9.17) is 0 Å². The van der Waals surface area contributed by atoms with Crippen molar-refractivity contribution in [1.29, 1.82) is 0 Å². The molecular weight excluding hydrogens is 894 g/mol. The minimum Gasteiger partial charge on any atom is -0.512 e. The first-order chi connectivity index (χ1) is 25.4. The fraction of sp³-hybridized carbons (Fsp3) is 0.500. The summed E-state index contributed by atoms with van der Waals surface area (Å²) in [4.78, 5) is 21.0. The maximum Gasteiger partial charge on any atom is 0.409 e. The fourth-order valence-corrected chi connectivity index (χ4v) is 8.97. The van der Waals surface area contributed by atoms with E-state index in [-0.39, 0.29) is 48.9 Å². The first-order valence-corrected chi connectivity index (χ1v) is 20.4. The van der Waals surface area contributed by atoms with Gasteiger partial charge >= 0.3 is 6.18 Å². The van der Waals surface area contributed by atoms with Crippen LogP contribution in [0.15, 0.2) is 60.6 Å². The second-order valence-electron chi connectivity index (χ2n) is 16.8. The molecule has 6 rings (SSSR count). The van der Waals surface area contributed by atoms with Crippen molar-refractivity contribution >= 4 is 48.2 Å².